The maximum Gasteiger partial charge on any atom is 0.283 e. The van der Waals surface area contributed by atoms with Crippen molar-refractivity contribution in [3.8, 4) is 0 Å². The Morgan fingerprint density at radius 2 is 2.20 bits per heavy atom. The van der Waals surface area contributed by atoms with Crippen LogP contribution in [0.3, 0.4) is 0 Å². The number of aryl methyl sites for hydroxylation is 1. The molecule has 0 N–H and O–H groups in total. The van der Waals surface area contributed by atoms with Crippen LogP contribution >= 0.6 is 27.3 Å². The molecule has 0 fully saturated rings. The average molecular weight is 356 g/mol. The monoisotopic (exact) mass is 355 g/mol. The fraction of sp³-hybridized carbons (Fsp3) is 0.308. The molecule has 0 saturated carbocycles. The molecule has 20 heavy (non-hydrogen) atoms. The van der Waals surface area contributed by atoms with Crippen molar-refractivity contribution >= 4 is 33.0 Å². The molecular weight excluding hydrogens is 342 g/mol. The molecule has 1 heterocycles. The molecule has 2 aromatic rings. The van der Waals surface area contributed by atoms with Crippen molar-refractivity contribution < 1.29 is 4.92 Å². The quantitative estimate of drug-likeness (QED) is 0.605. The molecule has 0 aliphatic rings. The van der Waals surface area contributed by atoms with Crippen LogP contribution < -0.4 is 0 Å². The molecule has 0 radical (unpaired) electrons. The van der Waals surface area contributed by atoms with Crippen LogP contribution in [0.1, 0.15) is 16.3 Å². The second-order valence-electron chi connectivity index (χ2n) is 4.54. The zero-order chi connectivity index (χ0) is 14.7. The first-order valence-corrected chi connectivity index (χ1v) is 7.66. The van der Waals surface area contributed by atoms with Gasteiger partial charge in [0.15, 0.2) is 0 Å². The highest BCUT2D eigenvalue weighted by molar-refractivity contribution is 9.10. The molecule has 1 aromatic heterocycles. The smallest absolute Gasteiger partial charge is 0.283 e. The molecule has 1 aromatic carbocycles. The Labute approximate surface area is 129 Å². The Bertz CT molecular complexity index is 630. The first-order chi connectivity index (χ1) is 9.47. The van der Waals surface area contributed by atoms with Gasteiger partial charge >= 0.3 is 0 Å². The number of thiazole rings is 1. The van der Waals surface area contributed by atoms with E-state index in [0.717, 1.165) is 22.8 Å². The number of hydrogen-bond donors (Lipinski definition) is 0. The highest BCUT2D eigenvalue weighted by Crippen LogP contribution is 2.29. The number of benzene rings is 1. The van der Waals surface area contributed by atoms with Gasteiger partial charge in [0.1, 0.15) is 0 Å². The second kappa shape index (κ2) is 6.43. The summed E-state index contributed by atoms with van der Waals surface area (Å²) < 4.78 is 0.548. The zero-order valence-corrected chi connectivity index (χ0v) is 13.6. The Hall–Kier alpha value is -1.31. The summed E-state index contributed by atoms with van der Waals surface area (Å²) in [6, 6.07) is 5.09. The molecule has 0 spiro atoms. The van der Waals surface area contributed by atoms with Crippen LogP contribution in [-0.2, 0) is 13.1 Å². The number of nitrogens with zero attached hydrogens (tertiary/aromatic N) is 3. The summed E-state index contributed by atoms with van der Waals surface area (Å²) in [6.07, 6.45) is 0. The SMILES string of the molecule is Cc1nc(CN(C)Cc2cccc([N+](=O)[O-])c2Br)cs1. The van der Waals surface area contributed by atoms with Crippen molar-refractivity contribution in [1.82, 2.24) is 9.88 Å². The maximum atomic E-state index is 10.9. The lowest BCUT2D eigenvalue weighted by Gasteiger charge is -2.16. The number of rotatable bonds is 5. The van der Waals surface area contributed by atoms with E-state index in [1.54, 1.807) is 17.4 Å². The summed E-state index contributed by atoms with van der Waals surface area (Å²) in [6.45, 7) is 3.32. The Kier molecular flexibility index (Phi) is 4.85. The number of halogens is 1. The molecule has 0 atom stereocenters. The molecule has 0 bridgehead atoms. The minimum Gasteiger partial charge on any atom is -0.296 e. The number of nitro groups is 1. The second-order valence-corrected chi connectivity index (χ2v) is 6.39. The third kappa shape index (κ3) is 3.62. The number of nitro benzene ring substituents is 1. The van der Waals surface area contributed by atoms with Crippen LogP contribution in [0.15, 0.2) is 28.1 Å². The van der Waals surface area contributed by atoms with Gasteiger partial charge in [-0.25, -0.2) is 4.98 Å². The summed E-state index contributed by atoms with van der Waals surface area (Å²) in [7, 11) is 1.97. The molecular formula is C13H14BrN3O2S. The normalized spacial score (nSPS) is 11.0. The Morgan fingerprint density at radius 3 is 2.80 bits per heavy atom. The largest absolute Gasteiger partial charge is 0.296 e. The fourth-order valence-electron chi connectivity index (χ4n) is 1.93. The molecule has 0 saturated heterocycles. The summed E-state index contributed by atoms with van der Waals surface area (Å²) >= 11 is 4.94. The van der Waals surface area contributed by atoms with Gasteiger partial charge in [-0.15, -0.1) is 11.3 Å². The molecule has 0 aliphatic carbocycles. The molecule has 7 heteroatoms. The third-order valence-corrected chi connectivity index (χ3v) is 4.53. The van der Waals surface area contributed by atoms with E-state index in [4.69, 9.17) is 0 Å². The Balaban J connectivity index is 2.09. The van der Waals surface area contributed by atoms with Gasteiger partial charge < -0.3 is 0 Å². The highest BCUT2D eigenvalue weighted by atomic mass is 79.9. The van der Waals surface area contributed by atoms with Crippen LogP contribution in [0.5, 0.6) is 0 Å². The Morgan fingerprint density at radius 1 is 1.45 bits per heavy atom. The summed E-state index contributed by atoms with van der Waals surface area (Å²) in [5.74, 6) is 0. The molecule has 0 unspecified atom stereocenters. The summed E-state index contributed by atoms with van der Waals surface area (Å²) in [4.78, 5) is 17.0. The van der Waals surface area contributed by atoms with Crippen LogP contribution in [0.2, 0.25) is 0 Å². The van der Waals surface area contributed by atoms with E-state index in [2.05, 4.69) is 25.8 Å². The fourth-order valence-corrected chi connectivity index (χ4v) is 3.07. The lowest BCUT2D eigenvalue weighted by atomic mass is 10.2. The standard InChI is InChI=1S/C13H14BrN3O2S/c1-9-15-11(8-20-9)7-16(2)6-10-4-3-5-12(13(10)14)17(18)19/h3-5,8H,6-7H2,1-2H3. The van der Waals surface area contributed by atoms with E-state index in [1.807, 2.05) is 25.4 Å². The van der Waals surface area contributed by atoms with Gasteiger partial charge in [0.25, 0.3) is 5.69 Å². The third-order valence-electron chi connectivity index (χ3n) is 2.79. The van der Waals surface area contributed by atoms with E-state index in [1.165, 1.54) is 6.07 Å². The van der Waals surface area contributed by atoms with Gasteiger partial charge in [-0.3, -0.25) is 15.0 Å². The highest BCUT2D eigenvalue weighted by Gasteiger charge is 2.16. The van der Waals surface area contributed by atoms with Gasteiger partial charge in [0.05, 0.1) is 20.1 Å². The maximum absolute atomic E-state index is 10.9. The van der Waals surface area contributed by atoms with Crippen LogP contribution in [0, 0.1) is 17.0 Å². The van der Waals surface area contributed by atoms with Gasteiger partial charge in [0.2, 0.25) is 0 Å². The van der Waals surface area contributed by atoms with Crippen LogP contribution in [-0.4, -0.2) is 21.9 Å². The average Bonchev–Trinajstić information content (AvgIpc) is 2.77. The molecule has 2 rings (SSSR count). The first-order valence-electron chi connectivity index (χ1n) is 5.98. The predicted molar refractivity (Wildman–Crippen MR) is 82.8 cm³/mol. The number of hydrogen-bond acceptors (Lipinski definition) is 5. The van der Waals surface area contributed by atoms with Crippen LogP contribution in [0.4, 0.5) is 5.69 Å². The summed E-state index contributed by atoms with van der Waals surface area (Å²) in [5.41, 5.74) is 2.02. The van der Waals surface area contributed by atoms with E-state index < -0.39 is 0 Å². The minimum atomic E-state index is -0.378. The van der Waals surface area contributed by atoms with Gasteiger partial charge in [-0.2, -0.15) is 0 Å². The lowest BCUT2D eigenvalue weighted by Crippen LogP contribution is -2.18. The van der Waals surface area contributed by atoms with Gasteiger partial charge in [0, 0.05) is 24.5 Å². The first kappa shape index (κ1) is 15.1. The van der Waals surface area contributed by atoms with Crippen molar-refractivity contribution in [1.29, 1.82) is 0 Å². The molecule has 5 nitrogen and oxygen atoms in total. The van der Waals surface area contributed by atoms with Crippen molar-refractivity contribution in [2.45, 2.75) is 20.0 Å². The number of aromatic nitrogens is 1. The molecule has 106 valence electrons. The van der Waals surface area contributed by atoms with Crippen molar-refractivity contribution in [2.24, 2.45) is 0 Å². The van der Waals surface area contributed by atoms with E-state index >= 15 is 0 Å². The van der Waals surface area contributed by atoms with Crippen molar-refractivity contribution in [3.05, 3.63) is 54.4 Å². The van der Waals surface area contributed by atoms with Crippen molar-refractivity contribution in [2.75, 3.05) is 7.05 Å². The van der Waals surface area contributed by atoms with E-state index in [0.29, 0.717) is 11.0 Å². The summed E-state index contributed by atoms with van der Waals surface area (Å²) in [5, 5.41) is 14.0. The van der Waals surface area contributed by atoms with E-state index in [9.17, 15) is 10.1 Å². The molecule has 0 aliphatic heterocycles. The minimum absolute atomic E-state index is 0.0976. The van der Waals surface area contributed by atoms with Gasteiger partial charge in [-0.1, -0.05) is 12.1 Å². The molecule has 0 amide bonds. The zero-order valence-electron chi connectivity index (χ0n) is 11.2. The lowest BCUT2D eigenvalue weighted by molar-refractivity contribution is -0.385. The van der Waals surface area contributed by atoms with Crippen molar-refractivity contribution in [3.63, 3.8) is 0 Å². The predicted octanol–water partition coefficient (Wildman–Crippen LogP) is 3.75. The topological polar surface area (TPSA) is 59.3 Å². The van der Waals surface area contributed by atoms with Crippen LogP contribution in [0.25, 0.3) is 0 Å². The van der Waals surface area contributed by atoms with E-state index in [-0.39, 0.29) is 10.6 Å². The van der Waals surface area contributed by atoms with Gasteiger partial charge in [-0.05, 0) is 35.5 Å².